The van der Waals surface area contributed by atoms with E-state index in [1.165, 1.54) is 47.1 Å². The van der Waals surface area contributed by atoms with E-state index in [1.807, 2.05) is 0 Å². The van der Waals surface area contributed by atoms with E-state index in [1.54, 1.807) is 0 Å². The Balaban J connectivity index is 1.88. The Labute approximate surface area is 109 Å². The van der Waals surface area contributed by atoms with E-state index in [9.17, 15) is 0 Å². The van der Waals surface area contributed by atoms with Gasteiger partial charge in [0.15, 0.2) is 0 Å². The van der Waals surface area contributed by atoms with Crippen molar-refractivity contribution in [3.8, 4) is 12.3 Å². The van der Waals surface area contributed by atoms with E-state index < -0.39 is 0 Å². The van der Waals surface area contributed by atoms with Gasteiger partial charge in [-0.3, -0.25) is 0 Å². The normalized spacial score (nSPS) is 18.5. The van der Waals surface area contributed by atoms with Crippen molar-refractivity contribution in [3.63, 3.8) is 0 Å². The average molecular weight is 234 g/mol. The van der Waals surface area contributed by atoms with Crippen LogP contribution in [0.3, 0.4) is 0 Å². The van der Waals surface area contributed by atoms with Crippen LogP contribution in [0, 0.1) is 12.3 Å². The van der Waals surface area contributed by atoms with Crippen LogP contribution in [0.25, 0.3) is 0 Å². The van der Waals surface area contributed by atoms with E-state index in [0.717, 1.165) is 19.3 Å². The first-order valence-electron chi connectivity index (χ1n) is 6.81. The molecule has 3 rings (SSSR count). The number of hydrogen-bond donors (Lipinski definition) is 0. The summed E-state index contributed by atoms with van der Waals surface area (Å²) < 4.78 is 0. The highest BCUT2D eigenvalue weighted by Gasteiger charge is 2.16. The molecule has 0 aromatic heterocycles. The standard InChI is InChI=1S/C18H18/c1-2-15-7-3-4-8-16(15)11-14-12-17-9-5-6-10-18(17)13-14/h1,5-6,9-11H,3-4,7-8,12-13H2. The molecule has 0 aliphatic heterocycles. The SMILES string of the molecule is C#CC1=C(C=C2Cc3ccccc3C2)CCCC1. The summed E-state index contributed by atoms with van der Waals surface area (Å²) in [5, 5.41) is 0. The Morgan fingerprint density at radius 3 is 2.33 bits per heavy atom. The molecule has 0 radical (unpaired) electrons. The van der Waals surface area contributed by atoms with Crippen molar-refractivity contribution in [1.82, 2.24) is 0 Å². The van der Waals surface area contributed by atoms with Crippen LogP contribution in [0.1, 0.15) is 36.8 Å². The Morgan fingerprint density at radius 1 is 1.00 bits per heavy atom. The second-order valence-corrected chi connectivity index (χ2v) is 5.28. The van der Waals surface area contributed by atoms with Gasteiger partial charge in [0.1, 0.15) is 0 Å². The van der Waals surface area contributed by atoms with Gasteiger partial charge in [0.05, 0.1) is 0 Å². The summed E-state index contributed by atoms with van der Waals surface area (Å²) in [6.07, 6.45) is 15.0. The minimum atomic E-state index is 1.10. The van der Waals surface area contributed by atoms with Crippen molar-refractivity contribution in [2.45, 2.75) is 38.5 Å². The van der Waals surface area contributed by atoms with Gasteiger partial charge in [0.25, 0.3) is 0 Å². The van der Waals surface area contributed by atoms with Gasteiger partial charge in [0, 0.05) is 5.57 Å². The van der Waals surface area contributed by atoms with E-state index in [0.29, 0.717) is 0 Å². The minimum Gasteiger partial charge on any atom is -0.115 e. The molecule has 18 heavy (non-hydrogen) atoms. The zero-order valence-electron chi connectivity index (χ0n) is 10.7. The predicted octanol–water partition coefficient (Wildman–Crippen LogP) is 4.22. The predicted molar refractivity (Wildman–Crippen MR) is 76.3 cm³/mol. The van der Waals surface area contributed by atoms with Gasteiger partial charge in [-0.25, -0.2) is 0 Å². The lowest BCUT2D eigenvalue weighted by molar-refractivity contribution is 0.695. The number of benzene rings is 1. The molecule has 0 atom stereocenters. The smallest absolute Gasteiger partial charge is 0.00496 e. The van der Waals surface area contributed by atoms with Crippen molar-refractivity contribution in [1.29, 1.82) is 0 Å². The second-order valence-electron chi connectivity index (χ2n) is 5.28. The number of rotatable bonds is 1. The van der Waals surface area contributed by atoms with E-state index in [4.69, 9.17) is 6.42 Å². The zero-order valence-corrected chi connectivity index (χ0v) is 10.7. The molecule has 0 amide bonds. The summed E-state index contributed by atoms with van der Waals surface area (Å²) in [5.74, 6) is 2.88. The van der Waals surface area contributed by atoms with E-state index in [2.05, 4.69) is 36.3 Å². The summed E-state index contributed by atoms with van der Waals surface area (Å²) in [6.45, 7) is 0. The van der Waals surface area contributed by atoms with Crippen LogP contribution < -0.4 is 0 Å². The van der Waals surface area contributed by atoms with Crippen LogP contribution in [0.15, 0.2) is 47.1 Å². The van der Waals surface area contributed by atoms with Crippen molar-refractivity contribution < 1.29 is 0 Å². The summed E-state index contributed by atoms with van der Waals surface area (Å²) in [7, 11) is 0. The van der Waals surface area contributed by atoms with Gasteiger partial charge < -0.3 is 0 Å². The molecule has 2 aliphatic carbocycles. The Bertz CT molecular complexity index is 537. The van der Waals surface area contributed by atoms with Crippen LogP contribution >= 0.6 is 0 Å². The maximum atomic E-state index is 5.61. The number of terminal acetylenes is 1. The fourth-order valence-electron chi connectivity index (χ4n) is 3.06. The van der Waals surface area contributed by atoms with Crippen LogP contribution in [-0.2, 0) is 12.8 Å². The van der Waals surface area contributed by atoms with Gasteiger partial charge in [-0.1, -0.05) is 41.8 Å². The van der Waals surface area contributed by atoms with Crippen molar-refractivity contribution in [2.75, 3.05) is 0 Å². The molecule has 2 aliphatic rings. The molecular weight excluding hydrogens is 216 g/mol. The highest BCUT2D eigenvalue weighted by Crippen LogP contribution is 2.31. The molecule has 0 spiro atoms. The molecule has 0 N–H and O–H groups in total. The van der Waals surface area contributed by atoms with E-state index >= 15 is 0 Å². The van der Waals surface area contributed by atoms with Crippen LogP contribution in [0.2, 0.25) is 0 Å². The highest BCUT2D eigenvalue weighted by molar-refractivity contribution is 5.46. The van der Waals surface area contributed by atoms with Crippen molar-refractivity contribution in [3.05, 3.63) is 58.2 Å². The molecule has 90 valence electrons. The van der Waals surface area contributed by atoms with Crippen LogP contribution in [-0.4, -0.2) is 0 Å². The van der Waals surface area contributed by atoms with Crippen molar-refractivity contribution >= 4 is 0 Å². The van der Waals surface area contributed by atoms with Gasteiger partial charge in [-0.15, -0.1) is 6.42 Å². The van der Waals surface area contributed by atoms with Crippen LogP contribution in [0.5, 0.6) is 0 Å². The van der Waals surface area contributed by atoms with Crippen LogP contribution in [0.4, 0.5) is 0 Å². The third-order valence-corrected chi connectivity index (χ3v) is 4.02. The molecule has 0 saturated carbocycles. The zero-order chi connectivity index (χ0) is 12.4. The Kier molecular flexibility index (Phi) is 3.07. The lowest BCUT2D eigenvalue weighted by atomic mass is 9.90. The number of allylic oxidation sites excluding steroid dienone is 4. The van der Waals surface area contributed by atoms with Gasteiger partial charge in [-0.05, 0) is 55.2 Å². The number of fused-ring (bicyclic) bond motifs is 1. The molecule has 0 saturated heterocycles. The molecule has 0 fully saturated rings. The molecule has 0 bridgehead atoms. The van der Waals surface area contributed by atoms with Crippen molar-refractivity contribution in [2.24, 2.45) is 0 Å². The van der Waals surface area contributed by atoms with Gasteiger partial charge >= 0.3 is 0 Å². The fourth-order valence-corrected chi connectivity index (χ4v) is 3.06. The molecular formula is C18H18. The first-order valence-corrected chi connectivity index (χ1v) is 6.81. The van der Waals surface area contributed by atoms with E-state index in [-0.39, 0.29) is 0 Å². The molecule has 1 aromatic carbocycles. The molecule has 0 heterocycles. The average Bonchev–Trinajstić information content (AvgIpc) is 2.81. The third kappa shape index (κ3) is 2.14. The maximum absolute atomic E-state index is 5.61. The summed E-state index contributed by atoms with van der Waals surface area (Å²) >= 11 is 0. The summed E-state index contributed by atoms with van der Waals surface area (Å²) in [5.41, 5.74) is 7.17. The minimum absolute atomic E-state index is 1.10. The monoisotopic (exact) mass is 234 g/mol. The number of hydrogen-bond acceptors (Lipinski definition) is 0. The quantitative estimate of drug-likeness (QED) is 0.638. The first-order chi connectivity index (χ1) is 8.86. The molecule has 1 aromatic rings. The maximum Gasteiger partial charge on any atom is 0.00496 e. The largest absolute Gasteiger partial charge is 0.115 e. The molecule has 0 heteroatoms. The topological polar surface area (TPSA) is 0 Å². The lowest BCUT2D eigenvalue weighted by Gasteiger charge is -2.14. The fraction of sp³-hybridized carbons (Fsp3) is 0.333. The second kappa shape index (κ2) is 4.86. The lowest BCUT2D eigenvalue weighted by Crippen LogP contribution is -1.97. The van der Waals surface area contributed by atoms with Gasteiger partial charge in [0.2, 0.25) is 0 Å². The first kappa shape index (κ1) is 11.4. The summed E-state index contributed by atoms with van der Waals surface area (Å²) in [4.78, 5) is 0. The third-order valence-electron chi connectivity index (χ3n) is 4.02. The molecule has 0 unspecified atom stereocenters. The highest BCUT2D eigenvalue weighted by atomic mass is 14.2. The van der Waals surface area contributed by atoms with Gasteiger partial charge in [-0.2, -0.15) is 0 Å². The molecule has 0 nitrogen and oxygen atoms in total. The summed E-state index contributed by atoms with van der Waals surface area (Å²) in [6, 6.07) is 8.75. The Morgan fingerprint density at radius 2 is 1.67 bits per heavy atom. The Hall–Kier alpha value is -1.74.